The second-order valence-electron chi connectivity index (χ2n) is 6.40. The summed E-state index contributed by atoms with van der Waals surface area (Å²) >= 11 is 0. The van der Waals surface area contributed by atoms with Crippen LogP contribution in [0, 0.1) is 0 Å². The molecule has 27 heavy (non-hydrogen) atoms. The van der Waals surface area contributed by atoms with Gasteiger partial charge in [0.05, 0.1) is 18.3 Å². The lowest BCUT2D eigenvalue weighted by Crippen LogP contribution is -2.27. The molecule has 6 heteroatoms. The Morgan fingerprint density at radius 1 is 1.19 bits per heavy atom. The molecule has 6 nitrogen and oxygen atoms in total. The number of para-hydroxylation sites is 1. The molecule has 0 radical (unpaired) electrons. The van der Waals surface area contributed by atoms with Crippen molar-refractivity contribution in [2.75, 3.05) is 25.1 Å². The average molecular weight is 364 g/mol. The maximum Gasteiger partial charge on any atom is 0.251 e. The number of nitrogens with one attached hydrogen (secondary N) is 1. The van der Waals surface area contributed by atoms with E-state index in [9.17, 15) is 4.79 Å². The third-order valence-corrected chi connectivity index (χ3v) is 4.51. The van der Waals surface area contributed by atoms with Crippen molar-refractivity contribution < 1.29 is 9.90 Å². The predicted octanol–water partition coefficient (Wildman–Crippen LogP) is 2.79. The van der Waals surface area contributed by atoms with Gasteiger partial charge in [0, 0.05) is 37.2 Å². The van der Waals surface area contributed by atoms with Crippen molar-refractivity contribution in [3.63, 3.8) is 0 Å². The lowest BCUT2D eigenvalue weighted by atomic mass is 10.1. The summed E-state index contributed by atoms with van der Waals surface area (Å²) in [5.41, 5.74) is 3.49. The van der Waals surface area contributed by atoms with Crippen LogP contribution >= 0.6 is 0 Å². The Morgan fingerprint density at radius 3 is 2.59 bits per heavy atom. The van der Waals surface area contributed by atoms with Gasteiger partial charge in [-0.15, -0.1) is 0 Å². The standard InChI is InChI=1S/C21H24N4O2/c1-16(19-6-3-4-7-20(19)25-13-5-12-22-25)23-21(27)17-8-10-18(11-9-17)24(2)14-15-26/h3-13,16,26H,14-15H2,1-2H3,(H,23,27). The van der Waals surface area contributed by atoms with Crippen molar-refractivity contribution in [3.8, 4) is 5.69 Å². The van der Waals surface area contributed by atoms with E-state index in [1.54, 1.807) is 23.0 Å². The smallest absolute Gasteiger partial charge is 0.251 e. The molecule has 0 saturated carbocycles. The summed E-state index contributed by atoms with van der Waals surface area (Å²) < 4.78 is 1.80. The van der Waals surface area contributed by atoms with Crippen LogP contribution < -0.4 is 10.2 Å². The van der Waals surface area contributed by atoms with Gasteiger partial charge in [0.15, 0.2) is 0 Å². The number of carbonyl (C=O) groups excluding carboxylic acids is 1. The Hall–Kier alpha value is -3.12. The van der Waals surface area contributed by atoms with Gasteiger partial charge < -0.3 is 15.3 Å². The molecule has 3 aromatic rings. The van der Waals surface area contributed by atoms with Crippen molar-refractivity contribution in [1.82, 2.24) is 15.1 Å². The van der Waals surface area contributed by atoms with Crippen LogP contribution in [0.1, 0.15) is 28.9 Å². The molecule has 0 spiro atoms. The highest BCUT2D eigenvalue weighted by Gasteiger charge is 2.15. The van der Waals surface area contributed by atoms with Gasteiger partial charge in [-0.05, 0) is 48.9 Å². The maximum atomic E-state index is 12.6. The van der Waals surface area contributed by atoms with Crippen LogP contribution in [0.15, 0.2) is 67.0 Å². The summed E-state index contributed by atoms with van der Waals surface area (Å²) in [6, 6.07) is 16.9. The first-order chi connectivity index (χ1) is 13.1. The molecule has 0 aliphatic carbocycles. The number of amides is 1. The van der Waals surface area contributed by atoms with E-state index >= 15 is 0 Å². The van der Waals surface area contributed by atoms with Gasteiger partial charge >= 0.3 is 0 Å². The van der Waals surface area contributed by atoms with Gasteiger partial charge in [0.25, 0.3) is 5.91 Å². The molecule has 2 N–H and O–H groups in total. The third-order valence-electron chi connectivity index (χ3n) is 4.51. The fraction of sp³-hybridized carbons (Fsp3) is 0.238. The lowest BCUT2D eigenvalue weighted by molar-refractivity contribution is 0.0940. The van der Waals surface area contributed by atoms with E-state index < -0.39 is 0 Å². The van der Waals surface area contributed by atoms with Crippen molar-refractivity contribution in [2.45, 2.75) is 13.0 Å². The van der Waals surface area contributed by atoms with Gasteiger partial charge in [-0.1, -0.05) is 18.2 Å². The van der Waals surface area contributed by atoms with Crippen LogP contribution in [-0.4, -0.2) is 41.0 Å². The fourth-order valence-corrected chi connectivity index (χ4v) is 2.98. The van der Waals surface area contributed by atoms with Crippen LogP contribution in [0.2, 0.25) is 0 Å². The summed E-state index contributed by atoms with van der Waals surface area (Å²) in [6.45, 7) is 2.60. The highest BCUT2D eigenvalue weighted by Crippen LogP contribution is 2.22. The molecule has 0 fully saturated rings. The molecule has 0 aliphatic heterocycles. The molecular weight excluding hydrogens is 340 g/mol. The van der Waals surface area contributed by atoms with Crippen molar-refractivity contribution >= 4 is 11.6 Å². The Labute approximate surface area is 159 Å². The number of benzene rings is 2. The van der Waals surface area contributed by atoms with Gasteiger partial charge in [-0.2, -0.15) is 5.10 Å². The number of likely N-dealkylation sites (N-methyl/N-ethyl adjacent to an activating group) is 1. The average Bonchev–Trinajstić information content (AvgIpc) is 3.23. The number of rotatable bonds is 7. The van der Waals surface area contributed by atoms with Crippen molar-refractivity contribution in [1.29, 1.82) is 0 Å². The van der Waals surface area contributed by atoms with E-state index in [-0.39, 0.29) is 18.6 Å². The first-order valence-electron chi connectivity index (χ1n) is 8.92. The summed E-state index contributed by atoms with van der Waals surface area (Å²) in [5, 5.41) is 16.4. The molecule has 0 saturated heterocycles. The molecule has 1 amide bonds. The lowest BCUT2D eigenvalue weighted by Gasteiger charge is -2.19. The van der Waals surface area contributed by atoms with Gasteiger partial charge in [-0.25, -0.2) is 4.68 Å². The first kappa shape index (κ1) is 18.7. The Bertz CT molecular complexity index is 875. The fourth-order valence-electron chi connectivity index (χ4n) is 2.98. The van der Waals surface area contributed by atoms with E-state index in [4.69, 9.17) is 5.11 Å². The topological polar surface area (TPSA) is 70.4 Å². The number of hydrogen-bond donors (Lipinski definition) is 2. The van der Waals surface area contributed by atoms with Crippen LogP contribution in [0.25, 0.3) is 5.69 Å². The summed E-state index contributed by atoms with van der Waals surface area (Å²) in [6.07, 6.45) is 3.62. The number of carbonyl (C=O) groups is 1. The normalized spacial score (nSPS) is 11.8. The molecule has 2 aromatic carbocycles. The summed E-state index contributed by atoms with van der Waals surface area (Å²) in [7, 11) is 1.90. The molecule has 1 unspecified atom stereocenters. The molecule has 140 valence electrons. The SMILES string of the molecule is CC(NC(=O)c1ccc(N(C)CCO)cc1)c1ccccc1-n1cccn1. The van der Waals surface area contributed by atoms with Gasteiger partial charge in [0.2, 0.25) is 0 Å². The van der Waals surface area contributed by atoms with Crippen molar-refractivity contribution in [2.24, 2.45) is 0 Å². The zero-order valence-corrected chi connectivity index (χ0v) is 15.5. The molecule has 0 bridgehead atoms. The predicted molar refractivity (Wildman–Crippen MR) is 106 cm³/mol. The molecule has 1 atom stereocenters. The van der Waals surface area contributed by atoms with Crippen LogP contribution in [0.5, 0.6) is 0 Å². The van der Waals surface area contributed by atoms with E-state index in [2.05, 4.69) is 10.4 Å². The number of anilines is 1. The summed E-state index contributed by atoms with van der Waals surface area (Å²) in [5.74, 6) is -0.130. The third kappa shape index (κ3) is 4.35. The number of aromatic nitrogens is 2. The minimum absolute atomic E-state index is 0.0892. The Kier molecular flexibility index (Phi) is 5.88. The number of aliphatic hydroxyl groups excluding tert-OH is 1. The number of nitrogens with zero attached hydrogens (tertiary/aromatic N) is 3. The second-order valence-corrected chi connectivity index (χ2v) is 6.40. The molecule has 0 aliphatic rings. The summed E-state index contributed by atoms with van der Waals surface area (Å²) in [4.78, 5) is 14.6. The van der Waals surface area contributed by atoms with Gasteiger partial charge in [0.1, 0.15) is 0 Å². The van der Waals surface area contributed by atoms with E-state index in [0.29, 0.717) is 12.1 Å². The van der Waals surface area contributed by atoms with E-state index in [1.165, 1.54) is 0 Å². The van der Waals surface area contributed by atoms with Crippen LogP contribution in [-0.2, 0) is 0 Å². The van der Waals surface area contributed by atoms with Crippen molar-refractivity contribution in [3.05, 3.63) is 78.1 Å². The first-order valence-corrected chi connectivity index (χ1v) is 8.92. The minimum atomic E-state index is -0.172. The van der Waals surface area contributed by atoms with Gasteiger partial charge in [-0.3, -0.25) is 4.79 Å². The molecule has 1 aromatic heterocycles. The molecule has 1 heterocycles. The van der Waals surface area contributed by atoms with Crippen LogP contribution in [0.3, 0.4) is 0 Å². The largest absolute Gasteiger partial charge is 0.395 e. The van der Waals surface area contributed by atoms with Crippen LogP contribution in [0.4, 0.5) is 5.69 Å². The quantitative estimate of drug-likeness (QED) is 0.676. The van der Waals surface area contributed by atoms with E-state index in [1.807, 2.05) is 67.5 Å². The Morgan fingerprint density at radius 2 is 1.93 bits per heavy atom. The number of hydrogen-bond acceptors (Lipinski definition) is 4. The second kappa shape index (κ2) is 8.51. The minimum Gasteiger partial charge on any atom is -0.395 e. The highest BCUT2D eigenvalue weighted by molar-refractivity contribution is 5.94. The monoisotopic (exact) mass is 364 g/mol. The molecular formula is C21H24N4O2. The highest BCUT2D eigenvalue weighted by atomic mass is 16.3. The molecule has 3 rings (SSSR count). The maximum absolute atomic E-state index is 12.6. The zero-order valence-electron chi connectivity index (χ0n) is 15.5. The Balaban J connectivity index is 1.73. The number of aliphatic hydroxyl groups is 1. The zero-order chi connectivity index (χ0) is 19.2. The van der Waals surface area contributed by atoms with E-state index in [0.717, 1.165) is 16.9 Å².